The van der Waals surface area contributed by atoms with Crippen LogP contribution in [0.1, 0.15) is 26.2 Å². The van der Waals surface area contributed by atoms with Crippen molar-refractivity contribution in [2.24, 2.45) is 0 Å². The van der Waals surface area contributed by atoms with E-state index >= 15 is 0 Å². The zero-order valence-corrected chi connectivity index (χ0v) is 7.69. The Morgan fingerprint density at radius 3 is 2.64 bits per heavy atom. The van der Waals surface area contributed by atoms with Gasteiger partial charge in [0.15, 0.2) is 0 Å². The van der Waals surface area contributed by atoms with Gasteiger partial charge >= 0.3 is 5.97 Å². The number of esters is 1. The van der Waals surface area contributed by atoms with E-state index in [0.717, 1.165) is 19.3 Å². The van der Waals surface area contributed by atoms with E-state index in [1.165, 1.54) is 0 Å². The summed E-state index contributed by atoms with van der Waals surface area (Å²) in [5.41, 5.74) is 0. The molecule has 0 unspecified atom stereocenters. The van der Waals surface area contributed by atoms with Gasteiger partial charge in [0.1, 0.15) is 0 Å². The van der Waals surface area contributed by atoms with Gasteiger partial charge in [0.05, 0.1) is 11.5 Å². The van der Waals surface area contributed by atoms with Crippen molar-refractivity contribution in [1.82, 2.24) is 0 Å². The van der Waals surface area contributed by atoms with Crippen molar-refractivity contribution in [3.63, 3.8) is 0 Å². The molecule has 0 aromatic carbocycles. The van der Waals surface area contributed by atoms with Crippen LogP contribution in [-0.2, 0) is 9.53 Å². The molecule has 0 aromatic rings. The summed E-state index contributed by atoms with van der Waals surface area (Å²) in [4.78, 5) is 10.9. The molecule has 0 spiro atoms. The third kappa shape index (κ3) is 5.98. The minimum absolute atomic E-state index is 0.168. The monoisotopic (exact) mass is 174 g/mol. The van der Waals surface area contributed by atoms with Gasteiger partial charge in [-0.2, -0.15) is 0 Å². The summed E-state index contributed by atoms with van der Waals surface area (Å²) in [6, 6.07) is 0. The number of hydrogen-bond acceptors (Lipinski definition) is 3. The van der Waals surface area contributed by atoms with Gasteiger partial charge < -0.3 is 4.74 Å². The largest absolute Gasteiger partial charge is 0.462 e. The lowest BCUT2D eigenvalue weighted by molar-refractivity contribution is -0.138. The van der Waals surface area contributed by atoms with Crippen LogP contribution in [0.5, 0.6) is 0 Å². The van der Waals surface area contributed by atoms with Crippen LogP contribution >= 0.6 is 12.6 Å². The molecule has 2 nitrogen and oxygen atoms in total. The highest BCUT2D eigenvalue weighted by Crippen LogP contribution is 2.01. The molecule has 3 heteroatoms. The van der Waals surface area contributed by atoms with Crippen LogP contribution in [0.4, 0.5) is 0 Å². The van der Waals surface area contributed by atoms with Gasteiger partial charge in [-0.05, 0) is 6.42 Å². The average Bonchev–Trinajstić information content (AvgIpc) is 1.97. The normalized spacial score (nSPS) is 9.27. The standard InChI is InChI=1S/C8H14O2S/c1-3-4-5-6-10-8(9)7(2)11/h11H,2-6H2,1H3. The lowest BCUT2D eigenvalue weighted by Crippen LogP contribution is -2.04. The maximum Gasteiger partial charge on any atom is 0.343 e. The molecule has 0 bridgehead atoms. The summed E-state index contributed by atoms with van der Waals surface area (Å²) in [6.07, 6.45) is 3.13. The van der Waals surface area contributed by atoms with Crippen LogP contribution in [0.15, 0.2) is 11.5 Å². The number of carbonyl (C=O) groups is 1. The fraction of sp³-hybridized carbons (Fsp3) is 0.625. The van der Waals surface area contributed by atoms with Crippen LogP contribution in [0.3, 0.4) is 0 Å². The zero-order chi connectivity index (χ0) is 8.69. The molecule has 0 N–H and O–H groups in total. The van der Waals surface area contributed by atoms with Crippen LogP contribution in [-0.4, -0.2) is 12.6 Å². The Labute approximate surface area is 73.0 Å². The zero-order valence-electron chi connectivity index (χ0n) is 6.80. The number of hydrogen-bond donors (Lipinski definition) is 1. The summed E-state index contributed by atoms with van der Waals surface area (Å²) in [5.74, 6) is -0.413. The van der Waals surface area contributed by atoms with Crippen molar-refractivity contribution in [3.05, 3.63) is 11.5 Å². The third-order valence-corrected chi connectivity index (χ3v) is 1.40. The van der Waals surface area contributed by atoms with E-state index < -0.39 is 5.97 Å². The highest BCUT2D eigenvalue weighted by Gasteiger charge is 2.01. The summed E-state index contributed by atoms with van der Waals surface area (Å²) in [5, 5.41) is 0. The Bertz CT molecular complexity index is 143. The van der Waals surface area contributed by atoms with E-state index in [1.807, 2.05) is 0 Å². The van der Waals surface area contributed by atoms with Crippen molar-refractivity contribution >= 4 is 18.6 Å². The van der Waals surface area contributed by atoms with Crippen molar-refractivity contribution in [3.8, 4) is 0 Å². The van der Waals surface area contributed by atoms with Crippen molar-refractivity contribution in [1.29, 1.82) is 0 Å². The molecule has 0 aliphatic carbocycles. The van der Waals surface area contributed by atoms with Gasteiger partial charge in [-0.3, -0.25) is 0 Å². The number of thiol groups is 1. The molecule has 0 aromatic heterocycles. The highest BCUT2D eigenvalue weighted by atomic mass is 32.1. The second kappa shape index (κ2) is 6.28. The first-order valence-corrected chi connectivity index (χ1v) is 4.18. The molecule has 0 amide bonds. The SMILES string of the molecule is C=C(S)C(=O)OCCCCC. The van der Waals surface area contributed by atoms with Crippen molar-refractivity contribution < 1.29 is 9.53 Å². The predicted molar refractivity (Wildman–Crippen MR) is 48.6 cm³/mol. The Morgan fingerprint density at radius 1 is 1.55 bits per heavy atom. The number of ether oxygens (including phenoxy) is 1. The minimum Gasteiger partial charge on any atom is -0.462 e. The van der Waals surface area contributed by atoms with Gasteiger partial charge in [-0.25, -0.2) is 4.79 Å². The fourth-order valence-corrected chi connectivity index (χ4v) is 0.665. The summed E-state index contributed by atoms with van der Waals surface area (Å²) < 4.78 is 4.79. The molecule has 0 heterocycles. The average molecular weight is 174 g/mol. The molecule has 0 atom stereocenters. The van der Waals surface area contributed by atoms with Gasteiger partial charge in [0.25, 0.3) is 0 Å². The molecular formula is C8H14O2S. The Balaban J connectivity index is 3.25. The molecule has 0 saturated carbocycles. The predicted octanol–water partition coefficient (Wildman–Crippen LogP) is 2.16. The second-order valence-electron chi connectivity index (χ2n) is 2.29. The topological polar surface area (TPSA) is 26.3 Å². The molecule has 0 aliphatic rings. The Kier molecular flexibility index (Phi) is 6.03. The van der Waals surface area contributed by atoms with Crippen molar-refractivity contribution in [2.75, 3.05) is 6.61 Å². The van der Waals surface area contributed by atoms with Gasteiger partial charge in [0.2, 0.25) is 0 Å². The number of carbonyl (C=O) groups excluding carboxylic acids is 1. The van der Waals surface area contributed by atoms with E-state index in [0.29, 0.717) is 6.61 Å². The van der Waals surface area contributed by atoms with Crippen LogP contribution < -0.4 is 0 Å². The Morgan fingerprint density at radius 2 is 2.18 bits per heavy atom. The first-order valence-electron chi connectivity index (χ1n) is 3.73. The lowest BCUT2D eigenvalue weighted by Gasteiger charge is -2.01. The molecule has 0 rings (SSSR count). The first kappa shape index (κ1) is 10.6. The van der Waals surface area contributed by atoms with E-state index in [4.69, 9.17) is 4.74 Å². The maximum absolute atomic E-state index is 10.7. The Hall–Kier alpha value is -0.440. The summed E-state index contributed by atoms with van der Waals surface area (Å²) >= 11 is 3.75. The highest BCUT2D eigenvalue weighted by molar-refractivity contribution is 7.85. The minimum atomic E-state index is -0.413. The van der Waals surface area contributed by atoms with Crippen LogP contribution in [0.2, 0.25) is 0 Å². The molecule has 0 saturated heterocycles. The van der Waals surface area contributed by atoms with Gasteiger partial charge in [0, 0.05) is 0 Å². The van der Waals surface area contributed by atoms with Gasteiger partial charge in [-0.1, -0.05) is 26.3 Å². The van der Waals surface area contributed by atoms with E-state index in [-0.39, 0.29) is 4.91 Å². The number of unbranched alkanes of at least 4 members (excludes halogenated alkanes) is 2. The first-order chi connectivity index (χ1) is 5.18. The summed E-state index contributed by atoms with van der Waals surface area (Å²) in [6.45, 7) is 5.92. The van der Waals surface area contributed by atoms with E-state index in [1.54, 1.807) is 0 Å². The third-order valence-electron chi connectivity index (χ3n) is 1.22. The maximum atomic E-state index is 10.7. The van der Waals surface area contributed by atoms with Crippen LogP contribution in [0.25, 0.3) is 0 Å². The second-order valence-corrected chi connectivity index (χ2v) is 2.83. The quantitative estimate of drug-likeness (QED) is 0.299. The molecule has 0 aliphatic heterocycles. The fourth-order valence-electron chi connectivity index (χ4n) is 0.600. The molecule has 0 radical (unpaired) electrons. The van der Waals surface area contributed by atoms with E-state index in [2.05, 4.69) is 26.1 Å². The molecule has 0 fully saturated rings. The lowest BCUT2D eigenvalue weighted by atomic mass is 10.3. The van der Waals surface area contributed by atoms with Gasteiger partial charge in [-0.15, -0.1) is 12.6 Å². The molecular weight excluding hydrogens is 160 g/mol. The number of rotatable bonds is 5. The van der Waals surface area contributed by atoms with Crippen LogP contribution in [0, 0.1) is 0 Å². The molecule has 11 heavy (non-hydrogen) atoms. The van der Waals surface area contributed by atoms with E-state index in [9.17, 15) is 4.79 Å². The van der Waals surface area contributed by atoms with Crippen molar-refractivity contribution in [2.45, 2.75) is 26.2 Å². The summed E-state index contributed by atoms with van der Waals surface area (Å²) in [7, 11) is 0. The smallest absolute Gasteiger partial charge is 0.343 e. The molecule has 64 valence electrons.